The van der Waals surface area contributed by atoms with E-state index >= 15 is 0 Å². The summed E-state index contributed by atoms with van der Waals surface area (Å²) in [4.78, 5) is 0. The van der Waals surface area contributed by atoms with Crippen molar-refractivity contribution in [1.29, 1.82) is 0 Å². The molecule has 0 aromatic rings. The Morgan fingerprint density at radius 2 is 1.12 bits per heavy atom. The average molecular weight is 242 g/mol. The van der Waals surface area contributed by atoms with Crippen LogP contribution < -0.4 is 10.6 Å². The minimum atomic E-state index is 0.516. The van der Waals surface area contributed by atoms with Gasteiger partial charge in [-0.25, -0.2) is 0 Å². The molecule has 0 aliphatic carbocycles. The minimum Gasteiger partial charge on any atom is -0.317 e. The molecule has 0 aliphatic heterocycles. The summed E-state index contributed by atoms with van der Waals surface area (Å²) in [6.07, 6.45) is 7.80. The van der Waals surface area contributed by atoms with Gasteiger partial charge in [-0.15, -0.1) is 0 Å². The lowest BCUT2D eigenvalue weighted by Crippen LogP contribution is -2.21. The topological polar surface area (TPSA) is 24.1 Å². The largest absolute Gasteiger partial charge is 0.317 e. The van der Waals surface area contributed by atoms with Gasteiger partial charge in [0.1, 0.15) is 0 Å². The summed E-state index contributed by atoms with van der Waals surface area (Å²) in [5.74, 6) is 0. The van der Waals surface area contributed by atoms with E-state index in [1.165, 1.54) is 64.7 Å². The van der Waals surface area contributed by atoms with Gasteiger partial charge in [0.25, 0.3) is 0 Å². The second-order valence-electron chi connectivity index (χ2n) is 5.87. The van der Waals surface area contributed by atoms with E-state index in [1.807, 2.05) is 0 Å². The van der Waals surface area contributed by atoms with Crippen LogP contribution in [0.2, 0.25) is 0 Å². The Morgan fingerprint density at radius 1 is 0.706 bits per heavy atom. The van der Waals surface area contributed by atoms with Gasteiger partial charge < -0.3 is 10.6 Å². The van der Waals surface area contributed by atoms with Crippen molar-refractivity contribution in [3.8, 4) is 0 Å². The fraction of sp³-hybridized carbons (Fsp3) is 1.00. The van der Waals surface area contributed by atoms with E-state index in [9.17, 15) is 0 Å². The Balaban J connectivity index is 3.38. The second kappa shape index (κ2) is 11.0. The molecule has 2 nitrogen and oxygen atoms in total. The monoisotopic (exact) mass is 242 g/mol. The van der Waals surface area contributed by atoms with Crippen molar-refractivity contribution in [2.24, 2.45) is 5.41 Å². The van der Waals surface area contributed by atoms with Gasteiger partial charge in [-0.3, -0.25) is 0 Å². The van der Waals surface area contributed by atoms with Crippen LogP contribution in [0.4, 0.5) is 0 Å². The predicted octanol–water partition coefficient (Wildman–Crippen LogP) is 3.57. The van der Waals surface area contributed by atoms with Crippen LogP contribution in [0.3, 0.4) is 0 Å². The van der Waals surface area contributed by atoms with Crippen molar-refractivity contribution in [1.82, 2.24) is 10.6 Å². The van der Waals surface area contributed by atoms with E-state index in [0.29, 0.717) is 5.41 Å². The molecule has 0 radical (unpaired) electrons. The lowest BCUT2D eigenvalue weighted by molar-refractivity contribution is 0.288. The van der Waals surface area contributed by atoms with Gasteiger partial charge in [0.15, 0.2) is 0 Å². The highest BCUT2D eigenvalue weighted by Crippen LogP contribution is 2.27. The van der Waals surface area contributed by atoms with Gasteiger partial charge in [-0.05, 0) is 70.1 Å². The molecular weight excluding hydrogens is 208 g/mol. The van der Waals surface area contributed by atoms with E-state index in [0.717, 1.165) is 0 Å². The van der Waals surface area contributed by atoms with Gasteiger partial charge >= 0.3 is 0 Å². The molecule has 0 spiro atoms. The molecule has 0 amide bonds. The molecular formula is C15H34N2. The number of hydrogen-bond acceptors (Lipinski definition) is 2. The fourth-order valence-electron chi connectivity index (χ4n) is 2.11. The quantitative estimate of drug-likeness (QED) is 0.511. The van der Waals surface area contributed by atoms with Crippen LogP contribution in [-0.4, -0.2) is 26.2 Å². The van der Waals surface area contributed by atoms with E-state index in [4.69, 9.17) is 0 Å². The van der Waals surface area contributed by atoms with E-state index in [-0.39, 0.29) is 0 Å². The lowest BCUT2D eigenvalue weighted by Gasteiger charge is -2.24. The smallest absolute Gasteiger partial charge is 0.00487 e. The van der Waals surface area contributed by atoms with Crippen LogP contribution in [-0.2, 0) is 0 Å². The van der Waals surface area contributed by atoms with Crippen molar-refractivity contribution in [3.63, 3.8) is 0 Å². The highest BCUT2D eigenvalue weighted by molar-refractivity contribution is 4.69. The normalized spacial score (nSPS) is 12.0. The first-order valence-electron chi connectivity index (χ1n) is 7.54. The summed E-state index contributed by atoms with van der Waals surface area (Å²) in [6.45, 7) is 14.0. The molecule has 0 rings (SSSR count). The van der Waals surface area contributed by atoms with Gasteiger partial charge in [0.2, 0.25) is 0 Å². The van der Waals surface area contributed by atoms with Crippen molar-refractivity contribution >= 4 is 0 Å². The zero-order valence-corrected chi connectivity index (χ0v) is 12.6. The number of nitrogens with one attached hydrogen (secondary N) is 2. The summed E-state index contributed by atoms with van der Waals surface area (Å²) in [7, 11) is 0. The molecule has 2 heteroatoms. The second-order valence-corrected chi connectivity index (χ2v) is 5.87. The maximum Gasteiger partial charge on any atom is -0.00487 e. The molecule has 0 aromatic heterocycles. The van der Waals surface area contributed by atoms with Crippen LogP contribution in [0, 0.1) is 5.41 Å². The molecule has 104 valence electrons. The third-order valence-electron chi connectivity index (χ3n) is 3.27. The molecule has 0 fully saturated rings. The summed E-state index contributed by atoms with van der Waals surface area (Å²) >= 11 is 0. The average Bonchev–Trinajstić information content (AvgIpc) is 2.28. The molecule has 0 saturated carbocycles. The van der Waals surface area contributed by atoms with Gasteiger partial charge in [0, 0.05) is 0 Å². The number of hydrogen-bond donors (Lipinski definition) is 2. The fourth-order valence-corrected chi connectivity index (χ4v) is 2.11. The summed E-state index contributed by atoms with van der Waals surface area (Å²) < 4.78 is 0. The molecule has 2 N–H and O–H groups in total. The third kappa shape index (κ3) is 12.2. The van der Waals surface area contributed by atoms with E-state index < -0.39 is 0 Å². The summed E-state index contributed by atoms with van der Waals surface area (Å²) in [5, 5.41) is 6.96. The van der Waals surface area contributed by atoms with Crippen molar-refractivity contribution < 1.29 is 0 Å². The third-order valence-corrected chi connectivity index (χ3v) is 3.27. The standard InChI is InChI=1S/C15H34N2/c1-5-11-16-13-7-9-15(3,4)10-8-14-17-12-6-2/h16-17H,5-14H2,1-4H3. The summed E-state index contributed by atoms with van der Waals surface area (Å²) in [6, 6.07) is 0. The van der Waals surface area contributed by atoms with Crippen molar-refractivity contribution in [2.75, 3.05) is 26.2 Å². The van der Waals surface area contributed by atoms with Gasteiger partial charge in [-0.2, -0.15) is 0 Å². The van der Waals surface area contributed by atoms with Crippen LogP contribution in [0.25, 0.3) is 0 Å². The van der Waals surface area contributed by atoms with Crippen LogP contribution in [0.5, 0.6) is 0 Å². The van der Waals surface area contributed by atoms with E-state index in [2.05, 4.69) is 38.3 Å². The maximum absolute atomic E-state index is 3.48. The molecule has 0 saturated heterocycles. The van der Waals surface area contributed by atoms with Crippen molar-refractivity contribution in [3.05, 3.63) is 0 Å². The molecule has 0 bridgehead atoms. The highest BCUT2D eigenvalue weighted by atomic mass is 14.8. The molecule has 0 heterocycles. The summed E-state index contributed by atoms with van der Waals surface area (Å²) in [5.41, 5.74) is 0.516. The first-order valence-corrected chi connectivity index (χ1v) is 7.54. The molecule has 17 heavy (non-hydrogen) atoms. The van der Waals surface area contributed by atoms with Crippen LogP contribution in [0.1, 0.15) is 66.2 Å². The first-order chi connectivity index (χ1) is 8.12. The molecule has 0 aliphatic rings. The van der Waals surface area contributed by atoms with Crippen molar-refractivity contribution in [2.45, 2.75) is 66.2 Å². The zero-order valence-electron chi connectivity index (χ0n) is 12.6. The Kier molecular flexibility index (Phi) is 11.0. The Bertz CT molecular complexity index is 139. The Labute approximate surface area is 109 Å². The SMILES string of the molecule is CCCNCCCC(C)(C)CCCNCCC. The zero-order chi connectivity index (χ0) is 13.0. The molecule has 0 aromatic carbocycles. The molecule has 0 atom stereocenters. The first kappa shape index (κ1) is 16.9. The predicted molar refractivity (Wildman–Crippen MR) is 78.6 cm³/mol. The van der Waals surface area contributed by atoms with Gasteiger partial charge in [-0.1, -0.05) is 27.7 Å². The van der Waals surface area contributed by atoms with Crippen LogP contribution in [0.15, 0.2) is 0 Å². The minimum absolute atomic E-state index is 0.516. The Hall–Kier alpha value is -0.0800. The van der Waals surface area contributed by atoms with Crippen LogP contribution >= 0.6 is 0 Å². The maximum atomic E-state index is 3.48. The lowest BCUT2D eigenvalue weighted by atomic mass is 9.83. The number of rotatable bonds is 12. The van der Waals surface area contributed by atoms with Gasteiger partial charge in [0.05, 0.1) is 0 Å². The highest BCUT2D eigenvalue weighted by Gasteiger charge is 2.16. The van der Waals surface area contributed by atoms with E-state index in [1.54, 1.807) is 0 Å². The molecule has 0 unspecified atom stereocenters. The Morgan fingerprint density at radius 3 is 1.47 bits per heavy atom.